The summed E-state index contributed by atoms with van der Waals surface area (Å²) in [5, 5.41) is 6.20. The molecule has 1 aliphatic heterocycles. The standard InChI is InChI=1S/C16H23N3O2/c1-16(2,11-6-5-9-18-10-11)15(21)19-13-8-4-3-7-12(13)14(17)20/h3-4,7-8,11,18H,5-6,9-10H2,1-2H3,(H2,17,20)(H,19,21). The smallest absolute Gasteiger partial charge is 0.250 e. The number of rotatable bonds is 4. The summed E-state index contributed by atoms with van der Waals surface area (Å²) in [5.41, 5.74) is 5.66. The van der Waals surface area contributed by atoms with Gasteiger partial charge in [0.25, 0.3) is 5.91 Å². The van der Waals surface area contributed by atoms with Gasteiger partial charge in [0, 0.05) is 5.41 Å². The van der Waals surface area contributed by atoms with Crippen LogP contribution in [0.4, 0.5) is 5.69 Å². The molecule has 0 radical (unpaired) electrons. The molecular weight excluding hydrogens is 266 g/mol. The minimum atomic E-state index is -0.539. The lowest BCUT2D eigenvalue weighted by molar-refractivity contribution is -0.127. The summed E-state index contributed by atoms with van der Waals surface area (Å²) in [5.74, 6) is -0.333. The molecule has 1 aromatic rings. The molecule has 1 unspecified atom stereocenters. The Labute approximate surface area is 125 Å². The predicted molar refractivity (Wildman–Crippen MR) is 83.0 cm³/mol. The van der Waals surface area contributed by atoms with Crippen LogP contribution in [-0.2, 0) is 4.79 Å². The van der Waals surface area contributed by atoms with E-state index in [-0.39, 0.29) is 11.8 Å². The van der Waals surface area contributed by atoms with Gasteiger partial charge in [-0.2, -0.15) is 0 Å². The van der Waals surface area contributed by atoms with Crippen LogP contribution in [0.3, 0.4) is 0 Å². The van der Waals surface area contributed by atoms with Crippen molar-refractivity contribution in [3.05, 3.63) is 29.8 Å². The van der Waals surface area contributed by atoms with Crippen LogP contribution < -0.4 is 16.4 Å². The van der Waals surface area contributed by atoms with Crippen molar-refractivity contribution in [3.63, 3.8) is 0 Å². The Bertz CT molecular complexity index is 534. The highest BCUT2D eigenvalue weighted by molar-refractivity contribution is 6.04. The third kappa shape index (κ3) is 3.42. The quantitative estimate of drug-likeness (QED) is 0.789. The molecule has 0 spiro atoms. The van der Waals surface area contributed by atoms with E-state index in [0.29, 0.717) is 11.3 Å². The lowest BCUT2D eigenvalue weighted by Crippen LogP contribution is -2.45. The molecule has 1 atom stereocenters. The summed E-state index contributed by atoms with van der Waals surface area (Å²) in [7, 11) is 0. The number of benzene rings is 1. The van der Waals surface area contributed by atoms with E-state index in [1.807, 2.05) is 13.8 Å². The number of piperidine rings is 1. The average molecular weight is 289 g/mol. The van der Waals surface area contributed by atoms with Crippen molar-refractivity contribution in [1.82, 2.24) is 5.32 Å². The van der Waals surface area contributed by atoms with Crippen molar-refractivity contribution in [2.24, 2.45) is 17.1 Å². The van der Waals surface area contributed by atoms with Crippen molar-refractivity contribution < 1.29 is 9.59 Å². The average Bonchev–Trinajstić information content (AvgIpc) is 2.48. The molecule has 1 saturated heterocycles. The van der Waals surface area contributed by atoms with Crippen molar-refractivity contribution >= 4 is 17.5 Å². The second-order valence-electron chi connectivity index (χ2n) is 6.13. The van der Waals surface area contributed by atoms with Gasteiger partial charge in [-0.25, -0.2) is 0 Å². The second-order valence-corrected chi connectivity index (χ2v) is 6.13. The summed E-state index contributed by atoms with van der Waals surface area (Å²) < 4.78 is 0. The van der Waals surface area contributed by atoms with Crippen molar-refractivity contribution in [2.75, 3.05) is 18.4 Å². The molecule has 0 bridgehead atoms. The molecule has 0 saturated carbocycles. The third-order valence-electron chi connectivity index (χ3n) is 4.34. The Morgan fingerprint density at radius 1 is 1.33 bits per heavy atom. The number of primary amides is 1. The molecule has 4 N–H and O–H groups in total. The van der Waals surface area contributed by atoms with E-state index in [0.717, 1.165) is 25.9 Å². The summed E-state index contributed by atoms with van der Waals surface area (Å²) >= 11 is 0. The number of nitrogens with two attached hydrogens (primary N) is 1. The first-order valence-electron chi connectivity index (χ1n) is 7.34. The van der Waals surface area contributed by atoms with E-state index in [4.69, 9.17) is 5.73 Å². The Hall–Kier alpha value is -1.88. The molecular formula is C16H23N3O2. The number of amides is 2. The molecule has 5 heteroatoms. The van der Waals surface area contributed by atoms with Gasteiger partial charge in [0.2, 0.25) is 5.91 Å². The summed E-state index contributed by atoms with van der Waals surface area (Å²) in [4.78, 5) is 24.0. The van der Waals surface area contributed by atoms with Crippen LogP contribution >= 0.6 is 0 Å². The van der Waals surface area contributed by atoms with Crippen molar-refractivity contribution in [2.45, 2.75) is 26.7 Å². The third-order valence-corrected chi connectivity index (χ3v) is 4.34. The molecule has 1 fully saturated rings. The highest BCUT2D eigenvalue weighted by atomic mass is 16.2. The SMILES string of the molecule is CC(C)(C(=O)Nc1ccccc1C(N)=O)C1CCCNC1. The first kappa shape index (κ1) is 15.5. The van der Waals surface area contributed by atoms with Gasteiger partial charge in [0.1, 0.15) is 0 Å². The number of hydrogen-bond donors (Lipinski definition) is 3. The maximum atomic E-state index is 12.6. The second kappa shape index (κ2) is 6.26. The molecule has 114 valence electrons. The van der Waals surface area contributed by atoms with Crippen LogP contribution in [0.2, 0.25) is 0 Å². The van der Waals surface area contributed by atoms with E-state index in [2.05, 4.69) is 10.6 Å². The molecule has 2 amide bonds. The van der Waals surface area contributed by atoms with Crippen LogP contribution in [0.5, 0.6) is 0 Å². The molecule has 21 heavy (non-hydrogen) atoms. The van der Waals surface area contributed by atoms with Crippen LogP contribution in [0, 0.1) is 11.3 Å². The molecule has 0 aromatic heterocycles. The molecule has 1 aromatic carbocycles. The van der Waals surface area contributed by atoms with E-state index < -0.39 is 11.3 Å². The van der Waals surface area contributed by atoms with Crippen molar-refractivity contribution in [3.8, 4) is 0 Å². The zero-order valence-corrected chi connectivity index (χ0v) is 12.6. The lowest BCUT2D eigenvalue weighted by atomic mass is 9.74. The molecule has 5 nitrogen and oxygen atoms in total. The Morgan fingerprint density at radius 2 is 2.05 bits per heavy atom. The van der Waals surface area contributed by atoms with Crippen molar-refractivity contribution in [1.29, 1.82) is 0 Å². The Morgan fingerprint density at radius 3 is 2.67 bits per heavy atom. The first-order valence-corrected chi connectivity index (χ1v) is 7.34. The van der Waals surface area contributed by atoms with Crippen LogP contribution in [0.15, 0.2) is 24.3 Å². The molecule has 1 aliphatic rings. The summed E-state index contributed by atoms with van der Waals surface area (Å²) in [6.45, 7) is 5.76. The van der Waals surface area contributed by atoms with Crippen LogP contribution in [0.1, 0.15) is 37.0 Å². The van der Waals surface area contributed by atoms with Gasteiger partial charge in [-0.1, -0.05) is 26.0 Å². The van der Waals surface area contributed by atoms with E-state index in [9.17, 15) is 9.59 Å². The number of hydrogen-bond acceptors (Lipinski definition) is 3. The summed E-state index contributed by atoms with van der Waals surface area (Å²) in [6, 6.07) is 6.82. The number of para-hydroxylation sites is 1. The molecule has 1 heterocycles. The molecule has 2 rings (SSSR count). The highest BCUT2D eigenvalue weighted by Crippen LogP contribution is 2.33. The molecule has 0 aliphatic carbocycles. The summed E-state index contributed by atoms with van der Waals surface area (Å²) in [6.07, 6.45) is 2.12. The fourth-order valence-electron chi connectivity index (χ4n) is 2.74. The van der Waals surface area contributed by atoms with E-state index >= 15 is 0 Å². The van der Waals surface area contributed by atoms with Gasteiger partial charge in [0.05, 0.1) is 11.3 Å². The van der Waals surface area contributed by atoms with Gasteiger partial charge in [0.15, 0.2) is 0 Å². The highest BCUT2D eigenvalue weighted by Gasteiger charge is 2.37. The minimum Gasteiger partial charge on any atom is -0.366 e. The number of nitrogens with one attached hydrogen (secondary N) is 2. The lowest BCUT2D eigenvalue weighted by Gasteiger charge is -2.36. The van der Waals surface area contributed by atoms with Crippen LogP contribution in [-0.4, -0.2) is 24.9 Å². The monoisotopic (exact) mass is 289 g/mol. The fraction of sp³-hybridized carbons (Fsp3) is 0.500. The predicted octanol–water partition coefficient (Wildman–Crippen LogP) is 1.75. The Kier molecular flexibility index (Phi) is 4.63. The number of carbonyl (C=O) groups is 2. The largest absolute Gasteiger partial charge is 0.366 e. The van der Waals surface area contributed by atoms with Crippen LogP contribution in [0.25, 0.3) is 0 Å². The normalized spacial score (nSPS) is 19.0. The zero-order valence-electron chi connectivity index (χ0n) is 12.6. The van der Waals surface area contributed by atoms with Gasteiger partial charge in [-0.05, 0) is 44.0 Å². The van der Waals surface area contributed by atoms with Gasteiger partial charge in [-0.15, -0.1) is 0 Å². The van der Waals surface area contributed by atoms with E-state index in [1.165, 1.54) is 0 Å². The zero-order chi connectivity index (χ0) is 15.5. The maximum absolute atomic E-state index is 12.6. The Balaban J connectivity index is 2.15. The fourth-order valence-corrected chi connectivity index (χ4v) is 2.74. The number of anilines is 1. The number of carbonyl (C=O) groups excluding carboxylic acids is 2. The van der Waals surface area contributed by atoms with Gasteiger partial charge >= 0.3 is 0 Å². The van der Waals surface area contributed by atoms with Gasteiger partial charge < -0.3 is 16.4 Å². The van der Waals surface area contributed by atoms with Gasteiger partial charge in [-0.3, -0.25) is 9.59 Å². The van der Waals surface area contributed by atoms with E-state index in [1.54, 1.807) is 24.3 Å². The maximum Gasteiger partial charge on any atom is 0.250 e. The minimum absolute atomic E-state index is 0.0788. The first-order chi connectivity index (χ1) is 9.93. The topological polar surface area (TPSA) is 84.2 Å².